The molecule has 2 aromatic carbocycles. The van der Waals surface area contributed by atoms with Crippen molar-refractivity contribution in [1.82, 2.24) is 24.9 Å². The van der Waals surface area contributed by atoms with Crippen molar-refractivity contribution in [2.45, 2.75) is 0 Å². The number of fused-ring (bicyclic) bond motifs is 1. The topological polar surface area (TPSA) is 74.5 Å². The molecule has 0 aliphatic carbocycles. The number of benzene rings is 2. The van der Waals surface area contributed by atoms with Gasteiger partial charge in [0, 0.05) is 25.0 Å². The first kappa shape index (κ1) is 22.4. The highest BCUT2D eigenvalue weighted by atomic mass is 19.1. The van der Waals surface area contributed by atoms with Crippen molar-refractivity contribution in [3.05, 3.63) is 66.6 Å². The van der Waals surface area contributed by atoms with E-state index in [2.05, 4.69) is 15.2 Å². The molecule has 0 saturated carbocycles. The Morgan fingerprint density at radius 3 is 2.62 bits per heavy atom. The molecule has 8 nitrogen and oxygen atoms in total. The van der Waals surface area contributed by atoms with Crippen molar-refractivity contribution in [1.29, 1.82) is 0 Å². The van der Waals surface area contributed by atoms with Crippen LogP contribution in [0.15, 0.2) is 60.8 Å². The summed E-state index contributed by atoms with van der Waals surface area (Å²) in [5.41, 5.74) is 2.92. The van der Waals surface area contributed by atoms with Crippen molar-refractivity contribution in [2.24, 2.45) is 0 Å². The molecule has 0 atom stereocenters. The lowest BCUT2D eigenvalue weighted by molar-refractivity contribution is 0.0170. The highest BCUT2D eigenvalue weighted by Crippen LogP contribution is 2.23. The SMILES string of the molecule is Fc1ccc(-n2cc(-c3ccc4cc(OCCOCCN5CCOCC5)ccc4n3)nn2)cc1. The van der Waals surface area contributed by atoms with Gasteiger partial charge in [0.2, 0.25) is 0 Å². The van der Waals surface area contributed by atoms with E-state index in [-0.39, 0.29) is 5.82 Å². The predicted octanol–water partition coefficient (Wildman–Crippen LogP) is 3.35. The second-order valence-corrected chi connectivity index (χ2v) is 7.99. The van der Waals surface area contributed by atoms with Crippen LogP contribution in [-0.4, -0.2) is 77.5 Å². The molecule has 1 aliphatic heterocycles. The van der Waals surface area contributed by atoms with Crippen LogP contribution < -0.4 is 4.74 Å². The van der Waals surface area contributed by atoms with E-state index in [1.165, 1.54) is 12.1 Å². The van der Waals surface area contributed by atoms with Gasteiger partial charge in [-0.25, -0.2) is 14.1 Å². The van der Waals surface area contributed by atoms with Gasteiger partial charge in [-0.05, 0) is 48.5 Å². The fraction of sp³-hybridized carbons (Fsp3) is 0.320. The third-order valence-electron chi connectivity index (χ3n) is 5.66. The Labute approximate surface area is 196 Å². The third-order valence-corrected chi connectivity index (χ3v) is 5.66. The third kappa shape index (κ3) is 5.56. The number of nitrogens with zero attached hydrogens (tertiary/aromatic N) is 5. The van der Waals surface area contributed by atoms with Gasteiger partial charge >= 0.3 is 0 Å². The zero-order valence-corrected chi connectivity index (χ0v) is 18.8. The largest absolute Gasteiger partial charge is 0.491 e. The molecule has 0 spiro atoms. The van der Waals surface area contributed by atoms with Crippen LogP contribution in [0.2, 0.25) is 0 Å². The Morgan fingerprint density at radius 2 is 1.76 bits per heavy atom. The maximum absolute atomic E-state index is 13.2. The van der Waals surface area contributed by atoms with E-state index in [0.717, 1.165) is 55.2 Å². The monoisotopic (exact) mass is 463 g/mol. The zero-order valence-electron chi connectivity index (χ0n) is 18.8. The minimum Gasteiger partial charge on any atom is -0.491 e. The standard InChI is InChI=1S/C25H26FN5O3/c26-20-2-4-21(5-3-20)31-18-25(28-29-31)24-7-1-19-17-22(6-8-23(19)27-24)34-16-15-33-14-11-30-9-12-32-13-10-30/h1-8,17-18H,9-16H2. The minimum absolute atomic E-state index is 0.292. The molecule has 0 bridgehead atoms. The van der Waals surface area contributed by atoms with Crippen LogP contribution in [0.1, 0.15) is 0 Å². The summed E-state index contributed by atoms with van der Waals surface area (Å²) in [4.78, 5) is 7.05. The number of hydrogen-bond acceptors (Lipinski definition) is 7. The predicted molar refractivity (Wildman–Crippen MR) is 126 cm³/mol. The van der Waals surface area contributed by atoms with E-state index >= 15 is 0 Å². The first-order chi connectivity index (χ1) is 16.7. The second kappa shape index (κ2) is 10.7. The summed E-state index contributed by atoms with van der Waals surface area (Å²) in [6.45, 7) is 6.20. The average Bonchev–Trinajstić information content (AvgIpc) is 3.37. The molecule has 5 rings (SSSR count). The molecule has 0 N–H and O–H groups in total. The lowest BCUT2D eigenvalue weighted by Gasteiger charge is -2.26. The van der Waals surface area contributed by atoms with Crippen molar-refractivity contribution >= 4 is 10.9 Å². The lowest BCUT2D eigenvalue weighted by atomic mass is 10.2. The van der Waals surface area contributed by atoms with E-state index in [1.54, 1.807) is 23.0 Å². The van der Waals surface area contributed by atoms with Gasteiger partial charge in [-0.15, -0.1) is 5.10 Å². The summed E-state index contributed by atoms with van der Waals surface area (Å²) in [5, 5.41) is 9.32. The number of hydrogen-bond donors (Lipinski definition) is 0. The molecule has 0 radical (unpaired) electrons. The van der Waals surface area contributed by atoms with Gasteiger partial charge < -0.3 is 14.2 Å². The van der Waals surface area contributed by atoms with Crippen molar-refractivity contribution in [3.63, 3.8) is 0 Å². The van der Waals surface area contributed by atoms with Gasteiger partial charge in [0.1, 0.15) is 23.9 Å². The number of aromatic nitrogens is 4. The Bertz CT molecular complexity index is 1220. The summed E-state index contributed by atoms with van der Waals surface area (Å²) in [6, 6.07) is 15.8. The van der Waals surface area contributed by atoms with Crippen LogP contribution in [0, 0.1) is 5.82 Å². The molecule has 1 aliphatic rings. The highest BCUT2D eigenvalue weighted by molar-refractivity contribution is 5.82. The summed E-state index contributed by atoms with van der Waals surface area (Å²) in [5.74, 6) is 0.487. The highest BCUT2D eigenvalue weighted by Gasteiger charge is 2.10. The summed E-state index contributed by atoms with van der Waals surface area (Å²) < 4.78 is 31.6. The number of pyridine rings is 1. The molecule has 4 aromatic rings. The molecule has 0 amide bonds. The number of morpholine rings is 1. The maximum atomic E-state index is 13.2. The van der Waals surface area contributed by atoms with E-state index in [1.807, 2.05) is 30.3 Å². The van der Waals surface area contributed by atoms with Gasteiger partial charge in [-0.3, -0.25) is 4.90 Å². The van der Waals surface area contributed by atoms with Crippen LogP contribution in [-0.2, 0) is 9.47 Å². The summed E-state index contributed by atoms with van der Waals surface area (Å²) >= 11 is 0. The summed E-state index contributed by atoms with van der Waals surface area (Å²) in [7, 11) is 0. The van der Waals surface area contributed by atoms with Gasteiger partial charge in [-0.1, -0.05) is 11.3 Å². The normalized spacial score (nSPS) is 14.5. The average molecular weight is 464 g/mol. The Morgan fingerprint density at radius 1 is 0.912 bits per heavy atom. The fourth-order valence-corrected chi connectivity index (χ4v) is 3.78. The van der Waals surface area contributed by atoms with Gasteiger partial charge in [0.15, 0.2) is 0 Å². The Hall–Kier alpha value is -3.40. The molecule has 3 heterocycles. The van der Waals surface area contributed by atoms with Gasteiger partial charge in [0.05, 0.1) is 49.5 Å². The maximum Gasteiger partial charge on any atom is 0.131 e. The first-order valence-corrected chi connectivity index (χ1v) is 11.3. The smallest absolute Gasteiger partial charge is 0.131 e. The van der Waals surface area contributed by atoms with E-state index in [0.29, 0.717) is 31.2 Å². The number of rotatable bonds is 9. The van der Waals surface area contributed by atoms with Crippen molar-refractivity contribution in [3.8, 4) is 22.8 Å². The van der Waals surface area contributed by atoms with Crippen LogP contribution in [0.5, 0.6) is 5.75 Å². The summed E-state index contributed by atoms with van der Waals surface area (Å²) in [6.07, 6.45) is 1.78. The van der Waals surface area contributed by atoms with E-state index in [4.69, 9.17) is 19.2 Å². The van der Waals surface area contributed by atoms with Gasteiger partial charge in [0.25, 0.3) is 0 Å². The van der Waals surface area contributed by atoms with E-state index < -0.39 is 0 Å². The van der Waals surface area contributed by atoms with Gasteiger partial charge in [-0.2, -0.15) is 0 Å². The van der Waals surface area contributed by atoms with Crippen LogP contribution in [0.25, 0.3) is 28.0 Å². The van der Waals surface area contributed by atoms with Crippen LogP contribution in [0.4, 0.5) is 4.39 Å². The Kier molecular flexibility index (Phi) is 7.04. The first-order valence-electron chi connectivity index (χ1n) is 11.3. The molecule has 176 valence electrons. The Balaban J connectivity index is 1.15. The van der Waals surface area contributed by atoms with Crippen molar-refractivity contribution in [2.75, 3.05) is 52.7 Å². The fourth-order valence-electron chi connectivity index (χ4n) is 3.78. The number of halogens is 1. The minimum atomic E-state index is -0.292. The number of ether oxygens (including phenoxy) is 3. The molecular formula is C25H26FN5O3. The molecule has 2 aromatic heterocycles. The molecule has 0 unspecified atom stereocenters. The molecule has 34 heavy (non-hydrogen) atoms. The van der Waals surface area contributed by atoms with Crippen LogP contribution in [0.3, 0.4) is 0 Å². The molecule has 9 heteroatoms. The van der Waals surface area contributed by atoms with Crippen LogP contribution >= 0.6 is 0 Å². The zero-order chi connectivity index (χ0) is 23.2. The molecular weight excluding hydrogens is 437 g/mol. The molecule has 1 fully saturated rings. The molecule has 1 saturated heterocycles. The van der Waals surface area contributed by atoms with E-state index in [9.17, 15) is 4.39 Å². The quantitative estimate of drug-likeness (QED) is 0.353. The lowest BCUT2D eigenvalue weighted by Crippen LogP contribution is -2.38. The van der Waals surface area contributed by atoms with Crippen molar-refractivity contribution < 1.29 is 18.6 Å². The second-order valence-electron chi connectivity index (χ2n) is 7.99.